The highest BCUT2D eigenvalue weighted by molar-refractivity contribution is 8.00. The first-order valence-electron chi connectivity index (χ1n) is 8.18. The third-order valence-corrected chi connectivity index (χ3v) is 7.48. The van der Waals surface area contributed by atoms with Gasteiger partial charge in [-0.1, -0.05) is 18.7 Å². The predicted octanol–water partition coefficient (Wildman–Crippen LogP) is -0.136. The number of nitrogens with one attached hydrogen (secondary N) is 1. The molecule has 26 heavy (non-hydrogen) atoms. The largest absolute Gasteiger partial charge is 0.497 e. The van der Waals surface area contributed by atoms with Crippen LogP contribution in [0.3, 0.4) is 0 Å². The van der Waals surface area contributed by atoms with E-state index in [1.54, 1.807) is 26.4 Å². The van der Waals surface area contributed by atoms with Gasteiger partial charge in [0, 0.05) is 11.3 Å². The molecule has 4 rings (SSSR count). The summed E-state index contributed by atoms with van der Waals surface area (Å²) >= 11 is 1.48. The van der Waals surface area contributed by atoms with Crippen molar-refractivity contribution in [2.24, 2.45) is 16.6 Å². The van der Waals surface area contributed by atoms with Crippen molar-refractivity contribution >= 4 is 17.6 Å². The Bertz CT molecular complexity index is 914. The van der Waals surface area contributed by atoms with Gasteiger partial charge in [0.15, 0.2) is 10.8 Å². The number of hydrogen-bond acceptors (Lipinski definition) is 7. The number of ether oxygens (including phenoxy) is 3. The fourth-order valence-electron chi connectivity index (χ4n) is 4.97. The summed E-state index contributed by atoms with van der Waals surface area (Å²) in [6.45, 7) is 2.37. The highest BCUT2D eigenvalue weighted by Crippen LogP contribution is 2.84. The van der Waals surface area contributed by atoms with Crippen molar-refractivity contribution in [3.63, 3.8) is 0 Å². The van der Waals surface area contributed by atoms with Crippen LogP contribution in [0.4, 0.5) is 0 Å². The fourth-order valence-corrected chi connectivity index (χ4v) is 6.39. The molecule has 3 aliphatic rings. The molecule has 7 nitrogen and oxygen atoms in total. The zero-order valence-electron chi connectivity index (χ0n) is 14.8. The van der Waals surface area contributed by atoms with Gasteiger partial charge in [-0.2, -0.15) is 10.5 Å². The lowest BCUT2D eigenvalue weighted by molar-refractivity contribution is -0.584. The second-order valence-electron chi connectivity index (χ2n) is 6.77. The Kier molecular flexibility index (Phi) is 3.31. The van der Waals surface area contributed by atoms with Crippen molar-refractivity contribution in [3.8, 4) is 23.6 Å². The zero-order valence-corrected chi connectivity index (χ0v) is 15.6. The lowest BCUT2D eigenvalue weighted by atomic mass is 9.84. The van der Waals surface area contributed by atoms with E-state index in [9.17, 15) is 10.5 Å². The minimum absolute atomic E-state index is 0.267. The molecule has 1 spiro atoms. The number of hydrogen-bond donors (Lipinski definition) is 2. The second kappa shape index (κ2) is 5.06. The van der Waals surface area contributed by atoms with Gasteiger partial charge in [0.1, 0.15) is 11.5 Å². The van der Waals surface area contributed by atoms with Crippen LogP contribution in [0.5, 0.6) is 11.5 Å². The lowest BCUT2D eigenvalue weighted by Crippen LogP contribution is -2.88. The third kappa shape index (κ3) is 1.41. The van der Waals surface area contributed by atoms with Gasteiger partial charge in [-0.15, -0.1) is 0 Å². The zero-order chi connectivity index (χ0) is 18.8. The summed E-state index contributed by atoms with van der Waals surface area (Å²) in [5, 5.41) is 19.5. The quantitative estimate of drug-likeness (QED) is 0.760. The highest BCUT2D eigenvalue weighted by atomic mass is 32.2. The SMILES string of the molecule is COc1ccc(OC)c([C@]2(C)[C@]3(C#N)C(N)=[NH+][C@@]4(OCCS4)[C@@]32C#N)c1. The molecular weight excluding hydrogens is 352 g/mol. The van der Waals surface area contributed by atoms with Crippen molar-refractivity contribution in [3.05, 3.63) is 23.8 Å². The first-order chi connectivity index (χ1) is 12.4. The predicted molar refractivity (Wildman–Crippen MR) is 94.3 cm³/mol. The monoisotopic (exact) mass is 371 g/mol. The number of nitrogens with zero attached hydrogens (tertiary/aromatic N) is 2. The normalized spacial score (nSPS) is 39.7. The summed E-state index contributed by atoms with van der Waals surface area (Å²) in [5.74, 6) is 2.19. The topological polar surface area (TPSA) is 115 Å². The van der Waals surface area contributed by atoms with Gasteiger partial charge in [0.25, 0.3) is 10.9 Å². The van der Waals surface area contributed by atoms with Gasteiger partial charge in [0.05, 0.1) is 38.4 Å². The Morgan fingerprint density at radius 3 is 2.58 bits per heavy atom. The van der Waals surface area contributed by atoms with E-state index in [2.05, 4.69) is 17.1 Å². The van der Waals surface area contributed by atoms with E-state index in [4.69, 9.17) is 19.9 Å². The van der Waals surface area contributed by atoms with Crippen LogP contribution in [0, 0.1) is 33.5 Å². The summed E-state index contributed by atoms with van der Waals surface area (Å²) in [5.41, 5.74) is 3.69. The number of nitriles is 2. The number of fused-ring (bicyclic) bond motifs is 2. The summed E-state index contributed by atoms with van der Waals surface area (Å²) in [7, 11) is 3.13. The molecule has 0 amide bonds. The van der Waals surface area contributed by atoms with E-state index < -0.39 is 21.3 Å². The highest BCUT2D eigenvalue weighted by Gasteiger charge is 3.02. The molecule has 1 aromatic rings. The number of thioether (sulfide) groups is 1. The van der Waals surface area contributed by atoms with Crippen LogP contribution in [0.15, 0.2) is 18.2 Å². The van der Waals surface area contributed by atoms with E-state index >= 15 is 0 Å². The van der Waals surface area contributed by atoms with Gasteiger partial charge in [-0.25, -0.2) is 4.99 Å². The molecule has 2 heterocycles. The van der Waals surface area contributed by atoms with E-state index in [-0.39, 0.29) is 5.84 Å². The number of nitrogens with two attached hydrogens (primary N) is 1. The first-order valence-corrected chi connectivity index (χ1v) is 9.17. The Hall–Kier alpha value is -2.42. The van der Waals surface area contributed by atoms with E-state index in [0.29, 0.717) is 23.7 Å². The molecule has 134 valence electrons. The average Bonchev–Trinajstić information content (AvgIpc) is 2.94. The second-order valence-corrected chi connectivity index (χ2v) is 8.04. The van der Waals surface area contributed by atoms with Crippen molar-refractivity contribution < 1.29 is 19.2 Å². The number of amidine groups is 1. The Morgan fingerprint density at radius 1 is 1.27 bits per heavy atom. The van der Waals surface area contributed by atoms with Crippen LogP contribution in [-0.4, -0.2) is 37.5 Å². The summed E-state index contributed by atoms with van der Waals surface area (Å²) in [6, 6.07) is 10.1. The number of rotatable bonds is 3. The Balaban J connectivity index is 2.03. The minimum atomic E-state index is -1.23. The molecule has 0 bridgehead atoms. The van der Waals surface area contributed by atoms with Gasteiger partial charge in [0.2, 0.25) is 0 Å². The van der Waals surface area contributed by atoms with Crippen LogP contribution in [0.25, 0.3) is 0 Å². The molecule has 1 aromatic carbocycles. The lowest BCUT2D eigenvalue weighted by Gasteiger charge is -2.28. The molecule has 0 aromatic heterocycles. The maximum Gasteiger partial charge on any atom is 0.278 e. The minimum Gasteiger partial charge on any atom is -0.497 e. The van der Waals surface area contributed by atoms with Crippen molar-refractivity contribution in [1.29, 1.82) is 10.5 Å². The van der Waals surface area contributed by atoms with Crippen LogP contribution >= 0.6 is 11.8 Å². The number of benzene rings is 1. The van der Waals surface area contributed by atoms with Crippen molar-refractivity contribution in [2.45, 2.75) is 17.4 Å². The Morgan fingerprint density at radius 2 is 2.04 bits per heavy atom. The molecule has 4 atom stereocenters. The molecule has 8 heteroatoms. The summed E-state index contributed by atoms with van der Waals surface area (Å²) in [4.78, 5) is 3.12. The maximum atomic E-state index is 10.3. The third-order valence-electron chi connectivity index (χ3n) is 6.17. The van der Waals surface area contributed by atoms with Crippen molar-refractivity contribution in [2.75, 3.05) is 26.6 Å². The van der Waals surface area contributed by atoms with Crippen LogP contribution in [0.1, 0.15) is 12.5 Å². The molecule has 1 saturated carbocycles. The molecular formula is C18H19N4O3S+. The maximum absolute atomic E-state index is 10.3. The first kappa shape index (κ1) is 17.0. The molecule has 3 N–H and O–H groups in total. The summed E-state index contributed by atoms with van der Waals surface area (Å²) < 4.78 is 16.9. The van der Waals surface area contributed by atoms with E-state index in [0.717, 1.165) is 5.75 Å². The molecule has 1 saturated heterocycles. The number of methoxy groups -OCH3 is 2. The van der Waals surface area contributed by atoms with Gasteiger partial charge >= 0.3 is 0 Å². The van der Waals surface area contributed by atoms with Gasteiger partial charge in [-0.3, -0.25) is 5.73 Å². The van der Waals surface area contributed by atoms with Crippen LogP contribution in [0.2, 0.25) is 0 Å². The average molecular weight is 371 g/mol. The molecule has 0 unspecified atom stereocenters. The molecule has 0 radical (unpaired) electrons. The standard InChI is InChI=1S/C18H18N4O3S/c1-15(12-8-11(23-2)4-5-13(12)24-3)16(9-19)14(21)22-18(17(15,16)10-20)25-6-7-26-18/h4-5,8H,6-7H2,1-3H3,(H2,21,22)/p+1/t15-,16+,17-,18-/m1/s1. The van der Waals surface area contributed by atoms with Crippen molar-refractivity contribution in [1.82, 2.24) is 0 Å². The van der Waals surface area contributed by atoms with Gasteiger partial charge < -0.3 is 14.2 Å². The van der Waals surface area contributed by atoms with E-state index in [1.165, 1.54) is 11.8 Å². The Labute approximate surface area is 155 Å². The summed E-state index contributed by atoms with van der Waals surface area (Å²) in [6.07, 6.45) is 0. The van der Waals surface area contributed by atoms with Crippen LogP contribution in [-0.2, 0) is 10.2 Å². The van der Waals surface area contributed by atoms with E-state index in [1.807, 2.05) is 13.0 Å². The smallest absolute Gasteiger partial charge is 0.278 e. The van der Waals surface area contributed by atoms with Gasteiger partial charge in [-0.05, 0) is 18.2 Å². The fraction of sp³-hybridized carbons (Fsp3) is 0.500. The molecule has 1 aliphatic carbocycles. The molecule has 2 fully saturated rings. The van der Waals surface area contributed by atoms with Crippen LogP contribution < -0.4 is 20.2 Å². The molecule has 2 aliphatic heterocycles.